The fourth-order valence-electron chi connectivity index (χ4n) is 7.70. The Morgan fingerprint density at radius 2 is 0.836 bits per heavy atom. The van der Waals surface area contributed by atoms with E-state index in [1.807, 2.05) is 95.9 Å². The zero-order valence-corrected chi connectivity index (χ0v) is 30.0. The Morgan fingerprint density at radius 1 is 0.291 bits per heavy atom. The van der Waals surface area contributed by atoms with Crippen LogP contribution in [0.5, 0.6) is 0 Å². The van der Waals surface area contributed by atoms with E-state index in [-0.39, 0.29) is 35.4 Å². The molecule has 10 aromatic rings. The number of fused-ring (bicyclic) bond motifs is 4. The molecule has 258 valence electrons. The summed E-state index contributed by atoms with van der Waals surface area (Å²) < 4.78 is 38.4. The maximum Gasteiger partial charge on any atom is 0.0645 e. The van der Waals surface area contributed by atoms with Gasteiger partial charge in [0.15, 0.2) is 0 Å². The summed E-state index contributed by atoms with van der Waals surface area (Å²) in [6, 6.07) is 67.4. The first-order valence-electron chi connectivity index (χ1n) is 20.6. The summed E-state index contributed by atoms with van der Waals surface area (Å²) in [5.74, 6) is 0. The summed E-state index contributed by atoms with van der Waals surface area (Å²) in [5.41, 5.74) is 8.64. The molecule has 0 radical (unpaired) electrons. The number of rotatable bonds is 7. The molecule has 0 heterocycles. The number of anilines is 3. The first-order valence-corrected chi connectivity index (χ1v) is 18.6. The minimum Gasteiger partial charge on any atom is -0.310 e. The highest BCUT2D eigenvalue weighted by molar-refractivity contribution is 6.08. The van der Waals surface area contributed by atoms with Gasteiger partial charge in [-0.3, -0.25) is 0 Å². The summed E-state index contributed by atoms with van der Waals surface area (Å²) >= 11 is 0. The standard InChI is InChI=1S/C54H37N/c1-2-11-38(12-3-1)40-21-24-43(25-22-40)53-19-8-9-20-54(53)55(50-17-10-16-45(37-50)47-27-23-39-13-4-5-15-44(39)35-47)49-32-29-41(30-33-49)46-31-34-52-48(36-46)28-26-42-14-6-7-18-51(42)52/h1-37H/i29D,30D,32D,33D. The van der Waals surface area contributed by atoms with E-state index in [1.54, 1.807) is 0 Å². The molecule has 0 N–H and O–H groups in total. The second kappa shape index (κ2) is 14.0. The van der Waals surface area contributed by atoms with Crippen molar-refractivity contribution in [2.24, 2.45) is 0 Å². The average Bonchev–Trinajstić information content (AvgIpc) is 3.30. The van der Waals surface area contributed by atoms with E-state index >= 15 is 0 Å². The maximum atomic E-state index is 9.70. The first kappa shape index (κ1) is 28.3. The van der Waals surface area contributed by atoms with E-state index in [2.05, 4.69) is 109 Å². The van der Waals surface area contributed by atoms with Crippen LogP contribution in [0.3, 0.4) is 0 Å². The number of para-hydroxylation sites is 1. The molecule has 0 amide bonds. The summed E-state index contributed by atoms with van der Waals surface area (Å²) in [7, 11) is 0. The minimum absolute atomic E-state index is 0.0958. The van der Waals surface area contributed by atoms with E-state index in [9.17, 15) is 5.48 Å². The molecule has 10 rings (SSSR count). The molecule has 0 saturated heterocycles. The number of hydrogen-bond donors (Lipinski definition) is 0. The van der Waals surface area contributed by atoms with Crippen LogP contribution in [-0.4, -0.2) is 0 Å². The largest absolute Gasteiger partial charge is 0.310 e. The predicted octanol–water partition coefficient (Wildman–Crippen LogP) is 15.3. The molecule has 0 aliphatic heterocycles. The van der Waals surface area contributed by atoms with Gasteiger partial charge in [0.05, 0.1) is 11.2 Å². The molecule has 0 saturated carbocycles. The van der Waals surface area contributed by atoms with Gasteiger partial charge >= 0.3 is 0 Å². The van der Waals surface area contributed by atoms with Crippen LogP contribution < -0.4 is 4.90 Å². The van der Waals surface area contributed by atoms with Gasteiger partial charge in [-0.25, -0.2) is 0 Å². The summed E-state index contributed by atoms with van der Waals surface area (Å²) in [6.07, 6.45) is 0. The van der Waals surface area contributed by atoms with Crippen LogP contribution >= 0.6 is 0 Å². The van der Waals surface area contributed by atoms with E-state index < -0.39 is 0 Å². The van der Waals surface area contributed by atoms with Crippen molar-refractivity contribution < 1.29 is 5.48 Å². The second-order valence-electron chi connectivity index (χ2n) is 13.9. The average molecular weight is 704 g/mol. The Labute approximate surface area is 327 Å². The number of hydrogen-bond acceptors (Lipinski definition) is 1. The zero-order valence-electron chi connectivity index (χ0n) is 34.0. The molecule has 0 unspecified atom stereocenters. The van der Waals surface area contributed by atoms with Gasteiger partial charge in [0.2, 0.25) is 0 Å². The predicted molar refractivity (Wildman–Crippen MR) is 235 cm³/mol. The lowest BCUT2D eigenvalue weighted by Crippen LogP contribution is -2.11. The van der Waals surface area contributed by atoms with Gasteiger partial charge in [-0.15, -0.1) is 0 Å². The minimum atomic E-state index is -0.120. The highest BCUT2D eigenvalue weighted by atomic mass is 15.1. The van der Waals surface area contributed by atoms with Crippen molar-refractivity contribution in [2.45, 2.75) is 0 Å². The number of benzene rings is 10. The van der Waals surface area contributed by atoms with E-state index in [0.29, 0.717) is 5.56 Å². The van der Waals surface area contributed by atoms with Gasteiger partial charge in [-0.2, -0.15) is 0 Å². The molecular weight excluding hydrogens is 663 g/mol. The van der Waals surface area contributed by atoms with Crippen LogP contribution in [-0.2, 0) is 0 Å². The highest BCUT2D eigenvalue weighted by Crippen LogP contribution is 2.43. The fraction of sp³-hybridized carbons (Fsp3) is 0. The van der Waals surface area contributed by atoms with Crippen molar-refractivity contribution >= 4 is 49.4 Å². The lowest BCUT2D eigenvalue weighted by molar-refractivity contribution is 1.28. The molecule has 1 nitrogen and oxygen atoms in total. The maximum absolute atomic E-state index is 9.70. The fourth-order valence-corrected chi connectivity index (χ4v) is 7.70. The zero-order chi connectivity index (χ0) is 40.0. The third-order valence-electron chi connectivity index (χ3n) is 10.5. The summed E-state index contributed by atoms with van der Waals surface area (Å²) in [5, 5.41) is 6.60. The molecule has 10 aromatic carbocycles. The molecule has 0 spiro atoms. The Balaban J connectivity index is 1.16. The second-order valence-corrected chi connectivity index (χ2v) is 13.9. The molecule has 0 aromatic heterocycles. The number of nitrogens with zero attached hydrogens (tertiary/aromatic N) is 1. The van der Waals surface area contributed by atoms with Crippen molar-refractivity contribution in [1.29, 1.82) is 0 Å². The lowest BCUT2D eigenvalue weighted by atomic mass is 9.96. The monoisotopic (exact) mass is 703 g/mol. The Kier molecular flexibility index (Phi) is 7.19. The van der Waals surface area contributed by atoms with Gasteiger partial charge in [0, 0.05) is 16.9 Å². The summed E-state index contributed by atoms with van der Waals surface area (Å²) in [6.45, 7) is 0. The first-order chi connectivity index (χ1) is 28.9. The highest BCUT2D eigenvalue weighted by Gasteiger charge is 2.18. The molecule has 55 heavy (non-hydrogen) atoms. The van der Waals surface area contributed by atoms with Crippen molar-refractivity contribution in [3.05, 3.63) is 224 Å². The summed E-state index contributed by atoms with van der Waals surface area (Å²) in [4.78, 5) is 1.90. The van der Waals surface area contributed by atoms with Crippen molar-refractivity contribution in [1.82, 2.24) is 0 Å². The Morgan fingerprint density at radius 3 is 1.69 bits per heavy atom. The van der Waals surface area contributed by atoms with Gasteiger partial charge in [0.1, 0.15) is 0 Å². The van der Waals surface area contributed by atoms with E-state index in [0.717, 1.165) is 77.1 Å². The third kappa shape index (κ3) is 6.22. The van der Waals surface area contributed by atoms with Crippen LogP contribution in [0.4, 0.5) is 17.1 Å². The Bertz CT molecular complexity index is 3180. The van der Waals surface area contributed by atoms with Gasteiger partial charge in [-0.05, 0) is 114 Å². The van der Waals surface area contributed by atoms with Crippen molar-refractivity contribution in [2.75, 3.05) is 4.90 Å². The topological polar surface area (TPSA) is 3.24 Å². The van der Waals surface area contributed by atoms with Gasteiger partial charge < -0.3 is 4.90 Å². The molecule has 0 bridgehead atoms. The molecule has 0 atom stereocenters. The smallest absolute Gasteiger partial charge is 0.0645 e. The van der Waals surface area contributed by atoms with Crippen LogP contribution in [0.2, 0.25) is 0 Å². The lowest BCUT2D eigenvalue weighted by Gasteiger charge is -2.28. The van der Waals surface area contributed by atoms with Crippen LogP contribution in [0.25, 0.3) is 76.8 Å². The third-order valence-corrected chi connectivity index (χ3v) is 10.5. The van der Waals surface area contributed by atoms with Crippen LogP contribution in [0.15, 0.2) is 224 Å². The van der Waals surface area contributed by atoms with Crippen molar-refractivity contribution in [3.8, 4) is 44.5 Å². The quantitative estimate of drug-likeness (QED) is 0.149. The molecule has 1 heteroatoms. The Hall–Kier alpha value is -7.22. The van der Waals surface area contributed by atoms with Gasteiger partial charge in [-0.1, -0.05) is 182 Å². The van der Waals surface area contributed by atoms with E-state index in [1.165, 1.54) is 0 Å². The van der Waals surface area contributed by atoms with Crippen LogP contribution in [0, 0.1) is 0 Å². The molecule has 0 aliphatic rings. The van der Waals surface area contributed by atoms with Crippen LogP contribution in [0.1, 0.15) is 5.48 Å². The normalized spacial score (nSPS) is 12.3. The molecule has 0 aliphatic carbocycles. The molecule has 0 fully saturated rings. The SMILES string of the molecule is [2H]c1c([2H])c(N(c2cccc(-c3ccc4ccccc4c3)c2)c2ccccc2-c2ccc(-c3ccccc3)cc2)c([2H])c([2H])c1-c1ccc2c(ccc3ccccc32)c1. The van der Waals surface area contributed by atoms with Gasteiger partial charge in [0.25, 0.3) is 0 Å². The molecular formula is C54H37N. The van der Waals surface area contributed by atoms with E-state index in [4.69, 9.17) is 0 Å². The van der Waals surface area contributed by atoms with Crippen molar-refractivity contribution in [3.63, 3.8) is 0 Å².